The minimum Gasteiger partial charge on any atom is -0.325 e. The Kier molecular flexibility index (Phi) is 4.52. The van der Waals surface area contributed by atoms with Crippen LogP contribution in [0.5, 0.6) is 0 Å². The van der Waals surface area contributed by atoms with Crippen LogP contribution >= 0.6 is 11.3 Å². The zero-order valence-electron chi connectivity index (χ0n) is 14.5. The number of aryl methyl sites for hydroxylation is 1. The first kappa shape index (κ1) is 17.1. The quantitative estimate of drug-likeness (QED) is 0.592. The molecule has 4 aromatic rings. The minimum absolute atomic E-state index is 0.0933. The van der Waals surface area contributed by atoms with E-state index in [9.17, 15) is 9.59 Å². The van der Waals surface area contributed by atoms with E-state index in [1.54, 1.807) is 23.6 Å². The van der Waals surface area contributed by atoms with E-state index in [0.29, 0.717) is 16.6 Å². The van der Waals surface area contributed by atoms with Gasteiger partial charge in [-0.3, -0.25) is 14.2 Å². The molecule has 4 rings (SSSR count). The van der Waals surface area contributed by atoms with Crippen LogP contribution in [0.2, 0.25) is 0 Å². The lowest BCUT2D eigenvalue weighted by Crippen LogP contribution is -2.28. The van der Waals surface area contributed by atoms with Gasteiger partial charge in [0.15, 0.2) is 0 Å². The molecule has 0 atom stereocenters. The Balaban J connectivity index is 1.50. The summed E-state index contributed by atoms with van der Waals surface area (Å²) in [5, 5.41) is 6.16. The second kappa shape index (κ2) is 7.13. The van der Waals surface area contributed by atoms with Gasteiger partial charge in [-0.05, 0) is 42.8 Å². The first-order chi connectivity index (χ1) is 13.1. The molecule has 27 heavy (non-hydrogen) atoms. The van der Waals surface area contributed by atoms with E-state index in [1.165, 1.54) is 10.9 Å². The highest BCUT2D eigenvalue weighted by atomic mass is 32.1. The van der Waals surface area contributed by atoms with E-state index in [4.69, 9.17) is 0 Å². The fourth-order valence-corrected chi connectivity index (χ4v) is 3.51. The number of rotatable bonds is 4. The molecule has 7 heteroatoms. The van der Waals surface area contributed by atoms with Crippen molar-refractivity contribution >= 4 is 33.8 Å². The Hall–Kier alpha value is -3.32. The van der Waals surface area contributed by atoms with Gasteiger partial charge in [0.1, 0.15) is 11.6 Å². The molecule has 2 heterocycles. The average molecular weight is 376 g/mol. The van der Waals surface area contributed by atoms with E-state index in [1.807, 2.05) is 48.7 Å². The minimum atomic E-state index is -0.284. The highest BCUT2D eigenvalue weighted by Gasteiger charge is 2.10. The molecule has 0 unspecified atom stereocenters. The van der Waals surface area contributed by atoms with Crippen LogP contribution < -0.4 is 10.9 Å². The number of nitrogens with one attached hydrogen (secondary N) is 1. The molecular weight excluding hydrogens is 360 g/mol. The lowest BCUT2D eigenvalue weighted by molar-refractivity contribution is -0.116. The van der Waals surface area contributed by atoms with Crippen LogP contribution in [-0.2, 0) is 11.3 Å². The smallest absolute Gasteiger partial charge is 0.261 e. The second-order valence-corrected chi connectivity index (χ2v) is 7.01. The molecule has 2 aromatic heterocycles. The third-order valence-electron chi connectivity index (χ3n) is 4.22. The van der Waals surface area contributed by atoms with Gasteiger partial charge in [0, 0.05) is 22.8 Å². The number of carbonyl (C=O) groups excluding carboxylic acids is 1. The maximum Gasteiger partial charge on any atom is 0.261 e. The summed E-state index contributed by atoms with van der Waals surface area (Å²) in [5.74, 6) is -0.284. The van der Waals surface area contributed by atoms with Gasteiger partial charge in [0.25, 0.3) is 5.56 Å². The molecule has 1 amide bonds. The molecule has 0 saturated heterocycles. The molecule has 0 fully saturated rings. The van der Waals surface area contributed by atoms with Crippen molar-refractivity contribution in [3.05, 3.63) is 76.3 Å². The highest BCUT2D eigenvalue weighted by molar-refractivity contribution is 7.13. The third-order valence-corrected chi connectivity index (χ3v) is 5.04. The molecule has 2 aromatic carbocycles. The molecule has 0 radical (unpaired) electrons. The Morgan fingerprint density at radius 1 is 1.15 bits per heavy atom. The van der Waals surface area contributed by atoms with Crippen LogP contribution in [0.4, 0.5) is 5.69 Å². The number of aromatic nitrogens is 3. The summed E-state index contributed by atoms with van der Waals surface area (Å²) in [4.78, 5) is 33.5. The van der Waals surface area contributed by atoms with E-state index in [-0.39, 0.29) is 18.0 Å². The zero-order chi connectivity index (χ0) is 18.8. The van der Waals surface area contributed by atoms with Crippen LogP contribution in [0.15, 0.2) is 65.2 Å². The summed E-state index contributed by atoms with van der Waals surface area (Å²) in [6, 6.07) is 12.9. The Labute approximate surface area is 159 Å². The van der Waals surface area contributed by atoms with Crippen molar-refractivity contribution in [1.29, 1.82) is 0 Å². The SMILES string of the molecule is Cc1cccc2c(=O)n(CC(=O)Nc3ccc(-c4nccs4)cc3)cnc12. The van der Waals surface area contributed by atoms with Crippen LogP contribution in [0.1, 0.15) is 5.56 Å². The van der Waals surface area contributed by atoms with Gasteiger partial charge in [-0.2, -0.15) is 0 Å². The first-order valence-electron chi connectivity index (χ1n) is 8.36. The summed E-state index contributed by atoms with van der Waals surface area (Å²) in [6.07, 6.45) is 3.18. The van der Waals surface area contributed by atoms with Crippen molar-refractivity contribution in [3.8, 4) is 10.6 Å². The van der Waals surface area contributed by atoms with Crippen molar-refractivity contribution in [2.75, 3.05) is 5.32 Å². The molecule has 1 N–H and O–H groups in total. The first-order valence-corrected chi connectivity index (χ1v) is 9.24. The molecule has 0 aliphatic carbocycles. The van der Waals surface area contributed by atoms with E-state index >= 15 is 0 Å². The van der Waals surface area contributed by atoms with Gasteiger partial charge in [0.2, 0.25) is 5.91 Å². The van der Waals surface area contributed by atoms with E-state index in [0.717, 1.165) is 16.1 Å². The third kappa shape index (κ3) is 3.50. The maximum absolute atomic E-state index is 12.6. The highest BCUT2D eigenvalue weighted by Crippen LogP contribution is 2.23. The Bertz CT molecular complexity index is 1170. The maximum atomic E-state index is 12.6. The van der Waals surface area contributed by atoms with Crippen LogP contribution in [0.3, 0.4) is 0 Å². The van der Waals surface area contributed by atoms with E-state index in [2.05, 4.69) is 15.3 Å². The number of para-hydroxylation sites is 1. The number of nitrogens with zero attached hydrogens (tertiary/aromatic N) is 3. The molecule has 0 bridgehead atoms. The molecule has 0 aliphatic rings. The number of carbonyl (C=O) groups is 1. The molecule has 0 saturated carbocycles. The van der Waals surface area contributed by atoms with Crippen molar-refractivity contribution in [3.63, 3.8) is 0 Å². The summed E-state index contributed by atoms with van der Waals surface area (Å²) < 4.78 is 1.32. The lowest BCUT2D eigenvalue weighted by Gasteiger charge is -2.09. The topological polar surface area (TPSA) is 76.9 Å². The fraction of sp³-hybridized carbons (Fsp3) is 0.100. The van der Waals surface area contributed by atoms with Gasteiger partial charge in [-0.15, -0.1) is 11.3 Å². The normalized spacial score (nSPS) is 10.9. The van der Waals surface area contributed by atoms with Crippen LogP contribution in [0.25, 0.3) is 21.5 Å². The number of benzene rings is 2. The van der Waals surface area contributed by atoms with Gasteiger partial charge < -0.3 is 5.32 Å². The number of amides is 1. The molecule has 0 spiro atoms. The number of fused-ring (bicyclic) bond motifs is 1. The van der Waals surface area contributed by atoms with Crippen LogP contribution in [0, 0.1) is 6.92 Å². The largest absolute Gasteiger partial charge is 0.325 e. The predicted octanol–water partition coefficient (Wildman–Crippen LogP) is 3.47. The molecule has 134 valence electrons. The van der Waals surface area contributed by atoms with E-state index < -0.39 is 0 Å². The Morgan fingerprint density at radius 2 is 1.96 bits per heavy atom. The summed E-state index contributed by atoms with van der Waals surface area (Å²) in [6.45, 7) is 1.81. The average Bonchev–Trinajstić information content (AvgIpc) is 3.20. The van der Waals surface area contributed by atoms with Gasteiger partial charge in [0.05, 0.1) is 17.2 Å². The molecule has 0 aliphatic heterocycles. The van der Waals surface area contributed by atoms with Gasteiger partial charge in [-0.25, -0.2) is 9.97 Å². The summed E-state index contributed by atoms with van der Waals surface area (Å²) in [5.41, 5.74) is 3.03. The van der Waals surface area contributed by atoms with Crippen molar-refractivity contribution in [2.24, 2.45) is 0 Å². The standard InChI is InChI=1S/C20H16N4O2S/c1-13-3-2-4-16-18(13)22-12-24(20(16)26)11-17(25)23-15-7-5-14(6-8-15)19-21-9-10-27-19/h2-10,12H,11H2,1H3,(H,23,25). The Morgan fingerprint density at radius 3 is 2.70 bits per heavy atom. The van der Waals surface area contributed by atoms with Crippen molar-refractivity contribution < 1.29 is 4.79 Å². The summed E-state index contributed by atoms with van der Waals surface area (Å²) >= 11 is 1.56. The molecule has 6 nitrogen and oxygen atoms in total. The van der Waals surface area contributed by atoms with Crippen molar-refractivity contribution in [2.45, 2.75) is 13.5 Å². The fourth-order valence-electron chi connectivity index (χ4n) is 2.87. The number of thiazole rings is 1. The monoisotopic (exact) mass is 376 g/mol. The number of hydrogen-bond donors (Lipinski definition) is 1. The predicted molar refractivity (Wildman–Crippen MR) is 107 cm³/mol. The number of anilines is 1. The van der Waals surface area contributed by atoms with Crippen LogP contribution in [-0.4, -0.2) is 20.4 Å². The van der Waals surface area contributed by atoms with Gasteiger partial charge in [-0.1, -0.05) is 12.1 Å². The van der Waals surface area contributed by atoms with Gasteiger partial charge >= 0.3 is 0 Å². The lowest BCUT2D eigenvalue weighted by atomic mass is 10.1. The number of hydrogen-bond acceptors (Lipinski definition) is 5. The summed E-state index contributed by atoms with van der Waals surface area (Å²) in [7, 11) is 0. The molecular formula is C20H16N4O2S. The zero-order valence-corrected chi connectivity index (χ0v) is 15.4. The van der Waals surface area contributed by atoms with Crippen molar-refractivity contribution in [1.82, 2.24) is 14.5 Å². The second-order valence-electron chi connectivity index (χ2n) is 6.11.